The van der Waals surface area contributed by atoms with E-state index in [1.165, 1.54) is 18.4 Å². The van der Waals surface area contributed by atoms with Crippen molar-refractivity contribution in [3.8, 4) is 0 Å². The second-order valence-electron chi connectivity index (χ2n) is 4.57. The number of thioether (sulfide) groups is 1. The van der Waals surface area contributed by atoms with Crippen LogP contribution >= 0.6 is 11.8 Å². The maximum absolute atomic E-state index is 5.84. The van der Waals surface area contributed by atoms with Crippen molar-refractivity contribution in [1.29, 1.82) is 0 Å². The van der Waals surface area contributed by atoms with Gasteiger partial charge in [0.25, 0.3) is 0 Å². The molecule has 2 aromatic rings. The monoisotopic (exact) mass is 272 g/mol. The zero-order chi connectivity index (χ0) is 13.1. The SMILES string of the molecule is Nc1nnc(SCC=Cc2ccccc2)n1C1CC1. The summed E-state index contributed by atoms with van der Waals surface area (Å²) in [5, 5.41) is 9.03. The molecule has 0 atom stereocenters. The Labute approximate surface area is 116 Å². The Balaban J connectivity index is 1.59. The predicted octanol–water partition coefficient (Wildman–Crippen LogP) is 3.00. The van der Waals surface area contributed by atoms with Crippen LogP contribution in [0.1, 0.15) is 24.4 Å². The molecule has 0 saturated heterocycles. The molecule has 1 saturated carbocycles. The van der Waals surface area contributed by atoms with Crippen LogP contribution in [0.25, 0.3) is 6.08 Å². The molecule has 19 heavy (non-hydrogen) atoms. The zero-order valence-electron chi connectivity index (χ0n) is 10.6. The average Bonchev–Trinajstić information content (AvgIpc) is 3.20. The second kappa shape index (κ2) is 5.48. The van der Waals surface area contributed by atoms with Crippen molar-refractivity contribution >= 4 is 23.8 Å². The Hall–Kier alpha value is -1.75. The summed E-state index contributed by atoms with van der Waals surface area (Å²) in [6.07, 6.45) is 6.64. The Morgan fingerprint density at radius 1 is 1.26 bits per heavy atom. The molecule has 5 heteroatoms. The summed E-state index contributed by atoms with van der Waals surface area (Å²) < 4.78 is 2.06. The van der Waals surface area contributed by atoms with Crippen molar-refractivity contribution in [3.05, 3.63) is 42.0 Å². The molecule has 4 nitrogen and oxygen atoms in total. The van der Waals surface area contributed by atoms with Gasteiger partial charge in [0.2, 0.25) is 5.95 Å². The van der Waals surface area contributed by atoms with Crippen LogP contribution in [0.5, 0.6) is 0 Å². The number of nitrogens with zero attached hydrogens (tertiary/aromatic N) is 3. The van der Waals surface area contributed by atoms with E-state index in [1.54, 1.807) is 11.8 Å². The Morgan fingerprint density at radius 3 is 2.79 bits per heavy atom. The minimum absolute atomic E-state index is 0.524. The van der Waals surface area contributed by atoms with Crippen LogP contribution in [-0.2, 0) is 0 Å². The van der Waals surface area contributed by atoms with Crippen LogP contribution < -0.4 is 5.73 Å². The molecule has 0 bridgehead atoms. The zero-order valence-corrected chi connectivity index (χ0v) is 11.4. The Kier molecular flexibility index (Phi) is 3.55. The van der Waals surface area contributed by atoms with Crippen LogP contribution in [0.2, 0.25) is 0 Å². The first-order valence-corrected chi connectivity index (χ1v) is 7.38. The third-order valence-electron chi connectivity index (χ3n) is 3.02. The third kappa shape index (κ3) is 2.98. The summed E-state index contributed by atoms with van der Waals surface area (Å²) in [7, 11) is 0. The van der Waals surface area contributed by atoms with Gasteiger partial charge >= 0.3 is 0 Å². The Morgan fingerprint density at radius 2 is 2.05 bits per heavy atom. The quantitative estimate of drug-likeness (QED) is 0.850. The molecule has 1 fully saturated rings. The van der Waals surface area contributed by atoms with Crippen LogP contribution in [0.3, 0.4) is 0 Å². The fraction of sp³-hybridized carbons (Fsp3) is 0.286. The number of hydrogen-bond donors (Lipinski definition) is 1. The van der Waals surface area contributed by atoms with Gasteiger partial charge in [0.05, 0.1) is 0 Å². The van der Waals surface area contributed by atoms with Crippen molar-refractivity contribution in [2.75, 3.05) is 11.5 Å². The highest BCUT2D eigenvalue weighted by molar-refractivity contribution is 7.99. The summed E-state index contributed by atoms with van der Waals surface area (Å²) in [6, 6.07) is 10.8. The lowest BCUT2D eigenvalue weighted by Gasteiger charge is -2.04. The van der Waals surface area contributed by atoms with Gasteiger partial charge in [0, 0.05) is 11.8 Å². The molecule has 3 rings (SSSR count). The van der Waals surface area contributed by atoms with Gasteiger partial charge in [0.1, 0.15) is 0 Å². The normalized spacial score (nSPS) is 15.2. The molecule has 1 aromatic heterocycles. The summed E-state index contributed by atoms with van der Waals surface area (Å²) in [5.41, 5.74) is 7.05. The number of hydrogen-bond acceptors (Lipinski definition) is 4. The van der Waals surface area contributed by atoms with E-state index in [9.17, 15) is 0 Å². The van der Waals surface area contributed by atoms with Crippen molar-refractivity contribution in [1.82, 2.24) is 14.8 Å². The van der Waals surface area contributed by atoms with Gasteiger partial charge in [0.15, 0.2) is 5.16 Å². The van der Waals surface area contributed by atoms with Gasteiger partial charge in [-0.25, -0.2) is 0 Å². The van der Waals surface area contributed by atoms with E-state index in [1.807, 2.05) is 18.2 Å². The number of anilines is 1. The molecule has 0 aliphatic heterocycles. The molecule has 1 aromatic carbocycles. The molecular formula is C14H16N4S. The molecule has 98 valence electrons. The largest absolute Gasteiger partial charge is 0.368 e. The van der Waals surface area contributed by atoms with Gasteiger partial charge in [-0.15, -0.1) is 10.2 Å². The van der Waals surface area contributed by atoms with E-state index in [0.29, 0.717) is 12.0 Å². The number of nitrogens with two attached hydrogens (primary N) is 1. The highest BCUT2D eigenvalue weighted by atomic mass is 32.2. The molecule has 0 radical (unpaired) electrons. The fourth-order valence-corrected chi connectivity index (χ4v) is 2.76. The first-order chi connectivity index (χ1) is 9.34. The highest BCUT2D eigenvalue weighted by Crippen LogP contribution is 2.39. The lowest BCUT2D eigenvalue weighted by atomic mass is 10.2. The van der Waals surface area contributed by atoms with Crippen molar-refractivity contribution in [2.24, 2.45) is 0 Å². The highest BCUT2D eigenvalue weighted by Gasteiger charge is 2.28. The first-order valence-electron chi connectivity index (χ1n) is 6.39. The van der Waals surface area contributed by atoms with E-state index in [0.717, 1.165) is 10.9 Å². The van der Waals surface area contributed by atoms with Gasteiger partial charge in [-0.2, -0.15) is 0 Å². The Bertz CT molecular complexity index is 572. The molecule has 0 amide bonds. The number of rotatable bonds is 5. The van der Waals surface area contributed by atoms with E-state index < -0.39 is 0 Å². The summed E-state index contributed by atoms with van der Waals surface area (Å²) >= 11 is 1.68. The maximum Gasteiger partial charge on any atom is 0.222 e. The van der Waals surface area contributed by atoms with E-state index in [2.05, 4.69) is 39.0 Å². The van der Waals surface area contributed by atoms with Crippen LogP contribution in [0.15, 0.2) is 41.6 Å². The molecule has 1 heterocycles. The number of aromatic nitrogens is 3. The molecule has 2 N–H and O–H groups in total. The smallest absolute Gasteiger partial charge is 0.222 e. The third-order valence-corrected chi connectivity index (χ3v) is 3.92. The van der Waals surface area contributed by atoms with Crippen LogP contribution in [0, 0.1) is 0 Å². The number of nitrogen functional groups attached to an aromatic ring is 1. The summed E-state index contributed by atoms with van der Waals surface area (Å²) in [5.74, 6) is 1.41. The van der Waals surface area contributed by atoms with Crippen molar-refractivity contribution in [3.63, 3.8) is 0 Å². The van der Waals surface area contributed by atoms with Crippen LogP contribution in [0.4, 0.5) is 5.95 Å². The molecule has 0 spiro atoms. The topological polar surface area (TPSA) is 56.7 Å². The maximum atomic E-state index is 5.84. The van der Waals surface area contributed by atoms with Gasteiger partial charge in [-0.1, -0.05) is 54.2 Å². The summed E-state index contributed by atoms with van der Waals surface area (Å²) in [4.78, 5) is 0. The lowest BCUT2D eigenvalue weighted by molar-refractivity contribution is 0.672. The van der Waals surface area contributed by atoms with Crippen LogP contribution in [-0.4, -0.2) is 20.5 Å². The fourth-order valence-electron chi connectivity index (χ4n) is 1.93. The standard InChI is InChI=1S/C14H16N4S/c15-13-16-17-14(18(13)12-8-9-12)19-10-4-7-11-5-2-1-3-6-11/h1-7,12H,8-10H2,(H2,15,16). The first kappa shape index (κ1) is 12.3. The summed E-state index contributed by atoms with van der Waals surface area (Å²) in [6.45, 7) is 0. The second-order valence-corrected chi connectivity index (χ2v) is 5.55. The van der Waals surface area contributed by atoms with Gasteiger partial charge in [-0.05, 0) is 18.4 Å². The van der Waals surface area contributed by atoms with E-state index in [4.69, 9.17) is 5.73 Å². The van der Waals surface area contributed by atoms with Crippen molar-refractivity contribution in [2.45, 2.75) is 24.0 Å². The lowest BCUT2D eigenvalue weighted by Crippen LogP contribution is -2.02. The molecular weight excluding hydrogens is 256 g/mol. The molecule has 1 aliphatic rings. The van der Waals surface area contributed by atoms with Gasteiger partial charge < -0.3 is 5.73 Å². The minimum atomic E-state index is 0.524. The molecule has 1 aliphatic carbocycles. The average molecular weight is 272 g/mol. The predicted molar refractivity (Wildman–Crippen MR) is 78.9 cm³/mol. The minimum Gasteiger partial charge on any atom is -0.368 e. The molecule has 0 unspecified atom stereocenters. The van der Waals surface area contributed by atoms with Crippen molar-refractivity contribution < 1.29 is 0 Å². The van der Waals surface area contributed by atoms with Gasteiger partial charge in [-0.3, -0.25) is 4.57 Å². The number of benzene rings is 1. The van der Waals surface area contributed by atoms with E-state index >= 15 is 0 Å². The van der Waals surface area contributed by atoms with E-state index in [-0.39, 0.29) is 0 Å².